The van der Waals surface area contributed by atoms with Crippen LogP contribution in [0.4, 0.5) is 0 Å². The second-order valence-electron chi connectivity index (χ2n) is 3.48. The van der Waals surface area contributed by atoms with Crippen molar-refractivity contribution in [2.75, 3.05) is 6.61 Å². The first-order valence-corrected chi connectivity index (χ1v) is 7.41. The van der Waals surface area contributed by atoms with Gasteiger partial charge in [-0.1, -0.05) is 6.07 Å². The topological polar surface area (TPSA) is 80.1 Å². The number of esters is 1. The van der Waals surface area contributed by atoms with E-state index < -0.39 is 5.97 Å². The average molecular weight is 309 g/mol. The molecule has 0 aromatic carbocycles. The van der Waals surface area contributed by atoms with Gasteiger partial charge < -0.3 is 4.74 Å². The van der Waals surface area contributed by atoms with E-state index in [0.29, 0.717) is 5.17 Å². The Kier molecular flexibility index (Phi) is 5.08. The SMILES string of the molecule is CCOC(=O)/C=C1\S/C(=N\N=C/c2cccs2)NC1=O. The van der Waals surface area contributed by atoms with Gasteiger partial charge in [-0.25, -0.2) is 4.79 Å². The molecule has 2 rings (SSSR count). The van der Waals surface area contributed by atoms with Gasteiger partial charge in [0.25, 0.3) is 5.91 Å². The molecule has 0 bridgehead atoms. The van der Waals surface area contributed by atoms with Crippen molar-refractivity contribution in [2.45, 2.75) is 6.92 Å². The number of hydrogen-bond donors (Lipinski definition) is 1. The van der Waals surface area contributed by atoms with E-state index in [9.17, 15) is 9.59 Å². The van der Waals surface area contributed by atoms with Crippen molar-refractivity contribution in [1.29, 1.82) is 0 Å². The molecule has 2 heterocycles. The fourth-order valence-corrected chi connectivity index (χ4v) is 2.59. The van der Waals surface area contributed by atoms with E-state index >= 15 is 0 Å². The molecule has 1 aromatic heterocycles. The van der Waals surface area contributed by atoms with Gasteiger partial charge in [-0.15, -0.1) is 16.4 Å². The summed E-state index contributed by atoms with van der Waals surface area (Å²) in [7, 11) is 0. The molecule has 0 aliphatic carbocycles. The number of rotatable bonds is 4. The number of nitrogens with one attached hydrogen (secondary N) is 1. The first kappa shape index (κ1) is 14.5. The zero-order chi connectivity index (χ0) is 14.4. The molecule has 0 unspecified atom stereocenters. The quantitative estimate of drug-likeness (QED) is 0.398. The van der Waals surface area contributed by atoms with Crippen LogP contribution in [0.3, 0.4) is 0 Å². The number of ether oxygens (including phenoxy) is 1. The summed E-state index contributed by atoms with van der Waals surface area (Å²) in [6.45, 7) is 1.96. The summed E-state index contributed by atoms with van der Waals surface area (Å²) >= 11 is 2.58. The van der Waals surface area contributed by atoms with Crippen molar-refractivity contribution in [1.82, 2.24) is 5.32 Å². The van der Waals surface area contributed by atoms with E-state index in [1.165, 1.54) is 11.3 Å². The Balaban J connectivity index is 1.99. The lowest BCUT2D eigenvalue weighted by Crippen LogP contribution is -2.19. The van der Waals surface area contributed by atoms with Crippen LogP contribution in [0.25, 0.3) is 0 Å². The molecule has 1 aliphatic rings. The van der Waals surface area contributed by atoms with Crippen molar-refractivity contribution in [3.05, 3.63) is 33.4 Å². The Morgan fingerprint density at radius 3 is 3.10 bits per heavy atom. The van der Waals surface area contributed by atoms with Gasteiger partial charge in [-0.05, 0) is 30.1 Å². The van der Waals surface area contributed by atoms with E-state index in [-0.39, 0.29) is 17.4 Å². The fraction of sp³-hybridized carbons (Fsp3) is 0.167. The summed E-state index contributed by atoms with van der Waals surface area (Å²) in [5, 5.41) is 12.5. The monoisotopic (exact) mass is 309 g/mol. The molecule has 1 fully saturated rings. The van der Waals surface area contributed by atoms with Gasteiger partial charge >= 0.3 is 5.97 Å². The number of carbonyl (C=O) groups excluding carboxylic acids is 2. The molecule has 8 heteroatoms. The summed E-state index contributed by atoms with van der Waals surface area (Å²) in [5.74, 6) is -0.929. The zero-order valence-corrected chi connectivity index (χ0v) is 12.2. The number of amides is 1. The van der Waals surface area contributed by atoms with E-state index in [4.69, 9.17) is 4.74 Å². The summed E-state index contributed by atoms with van der Waals surface area (Å²) in [6, 6.07) is 3.81. The van der Waals surface area contributed by atoms with Crippen molar-refractivity contribution in [3.8, 4) is 0 Å². The molecular formula is C12H11N3O3S2. The van der Waals surface area contributed by atoms with Crippen LogP contribution in [-0.4, -0.2) is 29.9 Å². The van der Waals surface area contributed by atoms with Gasteiger partial charge in [0, 0.05) is 11.0 Å². The Labute approximate surface area is 123 Å². The van der Waals surface area contributed by atoms with Crippen LogP contribution in [0.1, 0.15) is 11.8 Å². The van der Waals surface area contributed by atoms with Crippen molar-refractivity contribution in [2.24, 2.45) is 10.2 Å². The lowest BCUT2D eigenvalue weighted by Gasteiger charge is -1.95. The van der Waals surface area contributed by atoms with Gasteiger partial charge in [-0.3, -0.25) is 10.1 Å². The first-order valence-electron chi connectivity index (χ1n) is 5.71. The van der Waals surface area contributed by atoms with E-state index in [2.05, 4.69) is 15.5 Å². The lowest BCUT2D eigenvalue weighted by atomic mass is 10.4. The van der Waals surface area contributed by atoms with Gasteiger partial charge in [0.05, 0.1) is 17.7 Å². The van der Waals surface area contributed by atoms with Crippen LogP contribution >= 0.6 is 23.1 Å². The van der Waals surface area contributed by atoms with E-state index in [0.717, 1.165) is 22.7 Å². The molecule has 1 saturated heterocycles. The minimum absolute atomic E-state index is 0.244. The van der Waals surface area contributed by atoms with Crippen molar-refractivity contribution >= 4 is 46.4 Å². The van der Waals surface area contributed by atoms with E-state index in [1.807, 2.05) is 17.5 Å². The summed E-state index contributed by atoms with van der Waals surface area (Å²) in [4.78, 5) is 24.0. The molecule has 20 heavy (non-hydrogen) atoms. The number of nitrogens with zero attached hydrogens (tertiary/aromatic N) is 2. The fourth-order valence-electron chi connectivity index (χ4n) is 1.27. The van der Waals surface area contributed by atoms with Crippen LogP contribution in [0.5, 0.6) is 0 Å². The Bertz CT molecular complexity index is 591. The second-order valence-corrected chi connectivity index (χ2v) is 5.49. The predicted molar refractivity (Wildman–Crippen MR) is 79.8 cm³/mol. The van der Waals surface area contributed by atoms with Crippen LogP contribution in [0.15, 0.2) is 38.7 Å². The molecular weight excluding hydrogens is 298 g/mol. The summed E-state index contributed by atoms with van der Waals surface area (Å²) in [6.07, 6.45) is 2.74. The molecule has 0 atom stereocenters. The third-order valence-electron chi connectivity index (χ3n) is 2.06. The average Bonchev–Trinajstić information content (AvgIpc) is 3.01. The third-order valence-corrected chi connectivity index (χ3v) is 3.77. The zero-order valence-electron chi connectivity index (χ0n) is 10.5. The summed E-state index contributed by atoms with van der Waals surface area (Å²) < 4.78 is 4.74. The molecule has 0 saturated carbocycles. The maximum Gasteiger partial charge on any atom is 0.332 e. The molecule has 0 spiro atoms. The van der Waals surface area contributed by atoms with E-state index in [1.54, 1.807) is 13.1 Å². The highest BCUT2D eigenvalue weighted by molar-refractivity contribution is 8.18. The molecule has 104 valence electrons. The molecule has 0 radical (unpaired) electrons. The Morgan fingerprint density at radius 1 is 1.55 bits per heavy atom. The van der Waals surface area contributed by atoms with Gasteiger partial charge in [0.1, 0.15) is 0 Å². The molecule has 1 aromatic rings. The predicted octanol–water partition coefficient (Wildman–Crippen LogP) is 1.75. The second kappa shape index (κ2) is 7.01. The highest BCUT2D eigenvalue weighted by atomic mass is 32.2. The minimum atomic E-state index is -0.548. The molecule has 1 N–H and O–H groups in total. The van der Waals surface area contributed by atoms with Gasteiger partial charge in [0.15, 0.2) is 5.17 Å². The van der Waals surface area contributed by atoms with Gasteiger partial charge in [0.2, 0.25) is 0 Å². The molecule has 1 aliphatic heterocycles. The number of carbonyl (C=O) groups is 2. The Morgan fingerprint density at radius 2 is 2.40 bits per heavy atom. The standard InChI is InChI=1S/C12H11N3O3S2/c1-2-18-10(16)6-9-11(17)14-12(20-9)15-13-7-8-4-3-5-19-8/h3-7H,2H2,1H3,(H,14,15,17)/b9-6-,13-7-. The maximum absolute atomic E-state index is 11.6. The van der Waals surface area contributed by atoms with Crippen LogP contribution in [0.2, 0.25) is 0 Å². The van der Waals surface area contributed by atoms with Crippen molar-refractivity contribution in [3.63, 3.8) is 0 Å². The number of amidine groups is 1. The lowest BCUT2D eigenvalue weighted by molar-refractivity contribution is -0.137. The van der Waals surface area contributed by atoms with Gasteiger partial charge in [-0.2, -0.15) is 5.10 Å². The minimum Gasteiger partial charge on any atom is -0.463 e. The number of thiophene rings is 1. The van der Waals surface area contributed by atoms with Crippen LogP contribution in [-0.2, 0) is 14.3 Å². The molecule has 1 amide bonds. The smallest absolute Gasteiger partial charge is 0.332 e. The van der Waals surface area contributed by atoms with Crippen LogP contribution in [0, 0.1) is 0 Å². The number of thioether (sulfide) groups is 1. The normalized spacial score (nSPS) is 18.9. The van der Waals surface area contributed by atoms with Crippen LogP contribution < -0.4 is 5.32 Å². The first-order chi connectivity index (χ1) is 9.69. The maximum atomic E-state index is 11.6. The molecule has 6 nitrogen and oxygen atoms in total. The Hall–Kier alpha value is -1.93. The highest BCUT2D eigenvalue weighted by Crippen LogP contribution is 2.23. The largest absolute Gasteiger partial charge is 0.463 e. The summed E-state index contributed by atoms with van der Waals surface area (Å²) in [5.41, 5.74) is 0. The highest BCUT2D eigenvalue weighted by Gasteiger charge is 2.25. The third kappa shape index (κ3) is 4.04. The van der Waals surface area contributed by atoms with Crippen molar-refractivity contribution < 1.29 is 14.3 Å². The number of hydrogen-bond acceptors (Lipinski definition) is 7.